The summed E-state index contributed by atoms with van der Waals surface area (Å²) in [6.07, 6.45) is 12.6. The Hall–Kier alpha value is 0. The molecule has 0 atom stereocenters. The van der Waals surface area contributed by atoms with Crippen molar-refractivity contribution in [1.82, 2.24) is 0 Å². The molecular formula is C14H24. The second-order valence-corrected chi connectivity index (χ2v) is 7.11. The predicted molar refractivity (Wildman–Crippen MR) is 60.1 cm³/mol. The van der Waals surface area contributed by atoms with Crippen LogP contribution in [0.2, 0.25) is 0 Å². The minimum atomic E-state index is 0.889. The Morgan fingerprint density at radius 3 is 2.14 bits per heavy atom. The van der Waals surface area contributed by atoms with Gasteiger partial charge in [0.15, 0.2) is 0 Å². The summed E-state index contributed by atoms with van der Waals surface area (Å²) in [5.74, 6) is 2.03. The lowest BCUT2D eigenvalue weighted by Gasteiger charge is -2.67. The van der Waals surface area contributed by atoms with Gasteiger partial charge in [-0.15, -0.1) is 0 Å². The van der Waals surface area contributed by atoms with Crippen molar-refractivity contribution in [3.63, 3.8) is 0 Å². The molecule has 0 aromatic carbocycles. The highest BCUT2D eigenvalue weighted by Gasteiger charge is 2.61. The van der Waals surface area contributed by atoms with Crippen molar-refractivity contribution < 1.29 is 0 Å². The molecule has 0 aromatic rings. The lowest BCUT2D eigenvalue weighted by Crippen LogP contribution is -2.56. The summed E-state index contributed by atoms with van der Waals surface area (Å²) in [6, 6.07) is 0. The van der Waals surface area contributed by atoms with E-state index in [1.54, 1.807) is 38.5 Å². The zero-order valence-corrected chi connectivity index (χ0v) is 9.81. The molecule has 0 aromatic heterocycles. The Kier molecular flexibility index (Phi) is 1.83. The van der Waals surface area contributed by atoms with Crippen LogP contribution >= 0.6 is 0 Å². The summed E-state index contributed by atoms with van der Waals surface area (Å²) in [4.78, 5) is 0. The van der Waals surface area contributed by atoms with Gasteiger partial charge in [0.1, 0.15) is 0 Å². The zero-order chi connectivity index (χ0) is 9.81. The smallest absolute Gasteiger partial charge is 0.0282 e. The molecule has 80 valence electrons. The topological polar surface area (TPSA) is 0 Å². The van der Waals surface area contributed by atoms with Crippen molar-refractivity contribution in [3.05, 3.63) is 0 Å². The van der Waals surface area contributed by atoms with Crippen LogP contribution in [0, 0.1) is 22.7 Å². The highest BCUT2D eigenvalue weighted by molar-refractivity contribution is 5.11. The van der Waals surface area contributed by atoms with Crippen LogP contribution in [0.3, 0.4) is 0 Å². The molecule has 14 heavy (non-hydrogen) atoms. The molecule has 0 bridgehead atoms. The van der Waals surface area contributed by atoms with Gasteiger partial charge in [-0.1, -0.05) is 20.3 Å². The molecule has 3 aliphatic carbocycles. The van der Waals surface area contributed by atoms with Crippen LogP contribution < -0.4 is 0 Å². The lowest BCUT2D eigenvalue weighted by atomic mass is 9.38. The number of hydrogen-bond donors (Lipinski definition) is 0. The van der Waals surface area contributed by atoms with Crippen LogP contribution in [0.5, 0.6) is 0 Å². The minimum Gasteiger partial charge on any atom is -0.0628 e. The second kappa shape index (κ2) is 2.77. The van der Waals surface area contributed by atoms with Gasteiger partial charge in [0, 0.05) is 0 Å². The fourth-order valence-corrected chi connectivity index (χ4v) is 4.86. The van der Waals surface area contributed by atoms with Crippen molar-refractivity contribution in [3.8, 4) is 0 Å². The van der Waals surface area contributed by atoms with E-state index in [2.05, 4.69) is 13.8 Å². The number of rotatable bonds is 2. The first kappa shape index (κ1) is 9.24. The third-order valence-corrected chi connectivity index (χ3v) is 5.16. The highest BCUT2D eigenvalue weighted by atomic mass is 14.7. The third kappa shape index (κ3) is 1.26. The van der Waals surface area contributed by atoms with E-state index in [1.807, 2.05) is 0 Å². The van der Waals surface area contributed by atoms with Crippen molar-refractivity contribution in [2.75, 3.05) is 0 Å². The largest absolute Gasteiger partial charge is 0.0628 e. The van der Waals surface area contributed by atoms with Gasteiger partial charge in [0.25, 0.3) is 0 Å². The van der Waals surface area contributed by atoms with E-state index in [1.165, 1.54) is 12.8 Å². The van der Waals surface area contributed by atoms with Gasteiger partial charge in [0.2, 0.25) is 0 Å². The van der Waals surface area contributed by atoms with Gasteiger partial charge in [0.05, 0.1) is 0 Å². The first-order chi connectivity index (χ1) is 6.62. The molecule has 0 heterocycles. The van der Waals surface area contributed by atoms with Gasteiger partial charge in [-0.3, -0.25) is 0 Å². The Morgan fingerprint density at radius 1 is 1.07 bits per heavy atom. The van der Waals surface area contributed by atoms with Crippen molar-refractivity contribution >= 4 is 0 Å². The zero-order valence-electron chi connectivity index (χ0n) is 9.81. The maximum Gasteiger partial charge on any atom is -0.0282 e. The summed E-state index contributed by atoms with van der Waals surface area (Å²) in [5, 5.41) is 0. The van der Waals surface area contributed by atoms with Gasteiger partial charge < -0.3 is 0 Å². The molecule has 0 heteroatoms. The normalized spacial score (nSPS) is 32.8. The first-order valence-electron chi connectivity index (χ1n) is 6.62. The monoisotopic (exact) mass is 192 g/mol. The lowest BCUT2D eigenvalue weighted by molar-refractivity contribution is -0.165. The van der Waals surface area contributed by atoms with E-state index in [-0.39, 0.29) is 0 Å². The predicted octanol–water partition coefficient (Wildman–Crippen LogP) is 4.39. The highest BCUT2D eigenvalue weighted by Crippen LogP contribution is 2.72. The van der Waals surface area contributed by atoms with Crippen LogP contribution in [0.4, 0.5) is 0 Å². The average molecular weight is 192 g/mol. The Balaban J connectivity index is 1.46. The van der Waals surface area contributed by atoms with Gasteiger partial charge >= 0.3 is 0 Å². The van der Waals surface area contributed by atoms with Crippen molar-refractivity contribution in [2.45, 2.75) is 65.2 Å². The van der Waals surface area contributed by atoms with Gasteiger partial charge in [-0.2, -0.15) is 0 Å². The number of hydrogen-bond acceptors (Lipinski definition) is 0. The van der Waals surface area contributed by atoms with E-state index < -0.39 is 0 Å². The molecule has 0 aliphatic heterocycles. The van der Waals surface area contributed by atoms with E-state index >= 15 is 0 Å². The van der Waals surface area contributed by atoms with E-state index in [0.717, 1.165) is 22.7 Å². The summed E-state index contributed by atoms with van der Waals surface area (Å²) < 4.78 is 0. The molecule has 3 rings (SSSR count). The van der Waals surface area contributed by atoms with E-state index in [4.69, 9.17) is 0 Å². The fourth-order valence-electron chi connectivity index (χ4n) is 4.86. The molecule has 0 unspecified atom stereocenters. The quantitative estimate of drug-likeness (QED) is 0.608. The molecule has 2 spiro atoms. The summed E-state index contributed by atoms with van der Waals surface area (Å²) in [7, 11) is 0. The fraction of sp³-hybridized carbons (Fsp3) is 1.00. The molecule has 0 nitrogen and oxygen atoms in total. The van der Waals surface area contributed by atoms with Gasteiger partial charge in [-0.25, -0.2) is 0 Å². The Morgan fingerprint density at radius 2 is 1.71 bits per heavy atom. The summed E-state index contributed by atoms with van der Waals surface area (Å²) in [5.41, 5.74) is 1.79. The summed E-state index contributed by atoms with van der Waals surface area (Å²) in [6.45, 7) is 4.75. The molecule has 3 saturated carbocycles. The van der Waals surface area contributed by atoms with Gasteiger partial charge in [-0.05, 0) is 67.6 Å². The molecule has 0 saturated heterocycles. The molecule has 3 fully saturated rings. The first-order valence-corrected chi connectivity index (χ1v) is 6.62. The third-order valence-electron chi connectivity index (χ3n) is 5.16. The Labute approximate surface area is 88.5 Å². The SMILES string of the molecule is CC(C)CC1CC2(C1)CC1(CCC1)C2. The molecule has 0 radical (unpaired) electrons. The van der Waals surface area contributed by atoms with Crippen LogP contribution in [0.25, 0.3) is 0 Å². The van der Waals surface area contributed by atoms with Crippen molar-refractivity contribution in [2.24, 2.45) is 22.7 Å². The molecule has 3 aliphatic rings. The van der Waals surface area contributed by atoms with E-state index in [0.29, 0.717) is 0 Å². The molecular weight excluding hydrogens is 168 g/mol. The van der Waals surface area contributed by atoms with Crippen molar-refractivity contribution in [1.29, 1.82) is 0 Å². The molecule has 0 amide bonds. The minimum absolute atomic E-state index is 0.889. The molecule has 0 N–H and O–H groups in total. The van der Waals surface area contributed by atoms with Crippen LogP contribution in [0.15, 0.2) is 0 Å². The standard InChI is InChI=1S/C14H24/c1-11(2)6-12-7-14(8-12)9-13(10-14)4-3-5-13/h11-12H,3-10H2,1-2H3. The Bertz CT molecular complexity index is 218. The second-order valence-electron chi connectivity index (χ2n) is 7.11. The van der Waals surface area contributed by atoms with Crippen LogP contribution in [-0.2, 0) is 0 Å². The average Bonchev–Trinajstić information content (AvgIpc) is 1.86. The summed E-state index contributed by atoms with van der Waals surface area (Å²) >= 11 is 0. The van der Waals surface area contributed by atoms with Crippen LogP contribution in [-0.4, -0.2) is 0 Å². The maximum atomic E-state index is 2.37. The van der Waals surface area contributed by atoms with Crippen LogP contribution in [0.1, 0.15) is 65.2 Å². The van der Waals surface area contributed by atoms with E-state index in [9.17, 15) is 0 Å². The maximum absolute atomic E-state index is 2.37.